The van der Waals surface area contributed by atoms with Crippen LogP contribution in [0.15, 0.2) is 18.2 Å². The minimum atomic E-state index is -0.923. The molecule has 1 N–H and O–H groups in total. The number of hydrogen-bond donors (Lipinski definition) is 1. The van der Waals surface area contributed by atoms with Crippen LogP contribution in [-0.2, 0) is 9.53 Å². The summed E-state index contributed by atoms with van der Waals surface area (Å²) in [6.07, 6.45) is 0.519. The molecular weight excluding hydrogens is 211 g/mol. The highest BCUT2D eigenvalue weighted by atomic mass is 19.1. The van der Waals surface area contributed by atoms with Crippen LogP contribution in [0.25, 0.3) is 0 Å². The molecule has 0 aliphatic rings. The molecule has 1 aromatic rings. The third-order valence-electron chi connectivity index (χ3n) is 2.56. The molecule has 1 heterocycles. The Kier molecular flexibility index (Phi) is 3.95. The summed E-state index contributed by atoms with van der Waals surface area (Å²) in [5.41, 5.74) is -0.923. The first-order valence-corrected chi connectivity index (χ1v) is 5.01. The molecule has 0 fully saturated rings. The van der Waals surface area contributed by atoms with Gasteiger partial charge in [0.1, 0.15) is 11.4 Å². The first-order chi connectivity index (χ1) is 7.51. The fraction of sp³-hybridized carbons (Fsp3) is 0.455. The molecule has 0 aliphatic heterocycles. The number of amides is 1. The topological polar surface area (TPSA) is 51.2 Å². The minimum absolute atomic E-state index is 0.182. The van der Waals surface area contributed by atoms with Gasteiger partial charge in [0.2, 0.25) is 5.95 Å². The third-order valence-corrected chi connectivity index (χ3v) is 2.56. The van der Waals surface area contributed by atoms with Crippen LogP contribution < -0.4 is 5.32 Å². The SMILES string of the molecule is CCC(C)(OC)C(=O)Nc1cccc(F)n1. The average molecular weight is 226 g/mol. The fourth-order valence-electron chi connectivity index (χ4n) is 1.12. The number of rotatable bonds is 4. The monoisotopic (exact) mass is 226 g/mol. The van der Waals surface area contributed by atoms with Crippen LogP contribution in [0, 0.1) is 5.95 Å². The molecule has 0 saturated heterocycles. The first kappa shape index (κ1) is 12.6. The van der Waals surface area contributed by atoms with E-state index in [1.54, 1.807) is 6.92 Å². The molecule has 5 heteroatoms. The lowest BCUT2D eigenvalue weighted by atomic mass is 10.0. The summed E-state index contributed by atoms with van der Waals surface area (Å²) in [5, 5.41) is 2.51. The number of carbonyl (C=O) groups excluding carboxylic acids is 1. The molecule has 88 valence electrons. The van der Waals surface area contributed by atoms with Crippen molar-refractivity contribution in [3.63, 3.8) is 0 Å². The van der Waals surface area contributed by atoms with Crippen LogP contribution in [0.1, 0.15) is 20.3 Å². The van der Waals surface area contributed by atoms with E-state index >= 15 is 0 Å². The minimum Gasteiger partial charge on any atom is -0.369 e. The van der Waals surface area contributed by atoms with Gasteiger partial charge in [-0.1, -0.05) is 13.0 Å². The van der Waals surface area contributed by atoms with Crippen molar-refractivity contribution in [2.24, 2.45) is 0 Å². The second-order valence-corrected chi connectivity index (χ2v) is 3.59. The van der Waals surface area contributed by atoms with Crippen molar-refractivity contribution in [1.82, 2.24) is 4.98 Å². The lowest BCUT2D eigenvalue weighted by molar-refractivity contribution is -0.136. The van der Waals surface area contributed by atoms with Gasteiger partial charge in [-0.15, -0.1) is 0 Å². The Balaban J connectivity index is 2.78. The third kappa shape index (κ3) is 2.76. The highest BCUT2D eigenvalue weighted by molar-refractivity contribution is 5.96. The zero-order valence-corrected chi connectivity index (χ0v) is 9.58. The van der Waals surface area contributed by atoms with Gasteiger partial charge in [0.05, 0.1) is 0 Å². The van der Waals surface area contributed by atoms with Crippen LogP contribution in [0.4, 0.5) is 10.2 Å². The number of nitrogens with one attached hydrogen (secondary N) is 1. The number of ether oxygens (including phenoxy) is 1. The van der Waals surface area contributed by atoms with Gasteiger partial charge in [-0.2, -0.15) is 4.39 Å². The maximum Gasteiger partial charge on any atom is 0.257 e. The van der Waals surface area contributed by atoms with E-state index in [9.17, 15) is 9.18 Å². The molecule has 0 radical (unpaired) electrons. The Morgan fingerprint density at radius 2 is 2.31 bits per heavy atom. The van der Waals surface area contributed by atoms with Gasteiger partial charge in [0.25, 0.3) is 5.91 Å². The van der Waals surface area contributed by atoms with Crippen molar-refractivity contribution in [3.05, 3.63) is 24.1 Å². The van der Waals surface area contributed by atoms with Gasteiger partial charge in [0, 0.05) is 7.11 Å². The quantitative estimate of drug-likeness (QED) is 0.798. The lowest BCUT2D eigenvalue weighted by Crippen LogP contribution is -2.41. The van der Waals surface area contributed by atoms with E-state index in [-0.39, 0.29) is 11.7 Å². The molecule has 0 aliphatic carbocycles. The Morgan fingerprint density at radius 3 is 2.81 bits per heavy atom. The van der Waals surface area contributed by atoms with E-state index < -0.39 is 11.5 Å². The second-order valence-electron chi connectivity index (χ2n) is 3.59. The molecule has 1 rings (SSSR count). The van der Waals surface area contributed by atoms with Crippen LogP contribution in [0.3, 0.4) is 0 Å². The van der Waals surface area contributed by atoms with Crippen molar-refractivity contribution in [1.29, 1.82) is 0 Å². The zero-order chi connectivity index (χ0) is 12.2. The summed E-state index contributed by atoms with van der Waals surface area (Å²) in [6, 6.07) is 4.21. The second kappa shape index (κ2) is 5.03. The molecule has 1 amide bonds. The molecule has 0 bridgehead atoms. The number of nitrogens with zero attached hydrogens (tertiary/aromatic N) is 1. The van der Waals surface area contributed by atoms with Crippen LogP contribution in [0.2, 0.25) is 0 Å². The highest BCUT2D eigenvalue weighted by Crippen LogP contribution is 2.16. The van der Waals surface area contributed by atoms with Crippen molar-refractivity contribution in [3.8, 4) is 0 Å². The Labute approximate surface area is 93.8 Å². The van der Waals surface area contributed by atoms with E-state index in [0.717, 1.165) is 0 Å². The lowest BCUT2D eigenvalue weighted by Gasteiger charge is -2.24. The molecule has 1 unspecified atom stereocenters. The first-order valence-electron chi connectivity index (χ1n) is 5.01. The van der Waals surface area contributed by atoms with Crippen LogP contribution in [0.5, 0.6) is 0 Å². The summed E-state index contributed by atoms with van der Waals surface area (Å²) >= 11 is 0. The number of hydrogen-bond acceptors (Lipinski definition) is 3. The number of pyridine rings is 1. The summed E-state index contributed by atoms with van der Waals surface area (Å²) in [7, 11) is 1.46. The van der Waals surface area contributed by atoms with Crippen LogP contribution >= 0.6 is 0 Å². The van der Waals surface area contributed by atoms with E-state index in [0.29, 0.717) is 6.42 Å². The van der Waals surface area contributed by atoms with E-state index in [2.05, 4.69) is 10.3 Å². The molecule has 0 spiro atoms. The summed E-state index contributed by atoms with van der Waals surface area (Å²) in [6.45, 7) is 3.50. The van der Waals surface area contributed by atoms with Gasteiger partial charge in [-0.25, -0.2) is 4.98 Å². The predicted molar refractivity (Wildman–Crippen MR) is 58.5 cm³/mol. The average Bonchev–Trinajstić information content (AvgIpc) is 2.28. The molecule has 0 aromatic carbocycles. The zero-order valence-electron chi connectivity index (χ0n) is 9.58. The standard InChI is InChI=1S/C11H15FN2O2/c1-4-11(2,16-3)10(15)14-9-7-5-6-8(12)13-9/h5-7H,4H2,1-3H3,(H,13,14,15). The number of methoxy groups -OCH3 is 1. The largest absolute Gasteiger partial charge is 0.369 e. The van der Waals surface area contributed by atoms with Gasteiger partial charge >= 0.3 is 0 Å². The normalized spacial score (nSPS) is 14.2. The smallest absolute Gasteiger partial charge is 0.257 e. The Morgan fingerprint density at radius 1 is 1.62 bits per heavy atom. The fourth-order valence-corrected chi connectivity index (χ4v) is 1.12. The van der Waals surface area contributed by atoms with Crippen molar-refractivity contribution >= 4 is 11.7 Å². The van der Waals surface area contributed by atoms with Gasteiger partial charge in [-0.3, -0.25) is 4.79 Å². The van der Waals surface area contributed by atoms with Crippen molar-refractivity contribution < 1.29 is 13.9 Å². The molecule has 4 nitrogen and oxygen atoms in total. The molecule has 1 atom stereocenters. The van der Waals surface area contributed by atoms with Crippen molar-refractivity contribution in [2.45, 2.75) is 25.9 Å². The summed E-state index contributed by atoms with van der Waals surface area (Å²) in [5.74, 6) is -0.786. The summed E-state index contributed by atoms with van der Waals surface area (Å²) < 4.78 is 17.9. The number of halogens is 1. The van der Waals surface area contributed by atoms with E-state index in [1.165, 1.54) is 25.3 Å². The van der Waals surface area contributed by atoms with Gasteiger partial charge in [0.15, 0.2) is 0 Å². The molecule has 16 heavy (non-hydrogen) atoms. The van der Waals surface area contributed by atoms with E-state index in [1.807, 2.05) is 6.92 Å². The highest BCUT2D eigenvalue weighted by Gasteiger charge is 2.31. The van der Waals surface area contributed by atoms with Gasteiger partial charge in [-0.05, 0) is 25.5 Å². The molecule has 0 saturated carbocycles. The van der Waals surface area contributed by atoms with Gasteiger partial charge < -0.3 is 10.1 Å². The number of carbonyl (C=O) groups is 1. The van der Waals surface area contributed by atoms with Crippen LogP contribution in [-0.4, -0.2) is 23.6 Å². The number of anilines is 1. The Hall–Kier alpha value is -1.49. The maximum absolute atomic E-state index is 12.8. The maximum atomic E-state index is 12.8. The molecule has 1 aromatic heterocycles. The number of aromatic nitrogens is 1. The predicted octanol–water partition coefficient (Wildman–Crippen LogP) is 1.97. The van der Waals surface area contributed by atoms with E-state index in [4.69, 9.17) is 4.74 Å². The van der Waals surface area contributed by atoms with Crippen molar-refractivity contribution in [2.75, 3.05) is 12.4 Å². The molecular formula is C11H15FN2O2. The Bertz CT molecular complexity index is 378. The summed E-state index contributed by atoms with van der Waals surface area (Å²) in [4.78, 5) is 15.4.